The van der Waals surface area contributed by atoms with E-state index in [9.17, 15) is 9.59 Å². The van der Waals surface area contributed by atoms with Gasteiger partial charge in [-0.2, -0.15) is 0 Å². The van der Waals surface area contributed by atoms with Crippen LogP contribution in [-0.4, -0.2) is 18.4 Å². The van der Waals surface area contributed by atoms with Crippen molar-refractivity contribution >= 4 is 38.5 Å². The Kier molecular flexibility index (Phi) is 4.32. The van der Waals surface area contributed by atoms with Crippen LogP contribution in [0.4, 0.5) is 0 Å². The Hall–Kier alpha value is -1.68. The standard InChI is InChI=1S/C15H13BrO3/c1-2-19-14(18)9-13(17)15-11-6-4-3-5-10(11)7-8-12(15)16/h3-8H,2,9H2,1H3. The predicted molar refractivity (Wildman–Crippen MR) is 77.2 cm³/mol. The van der Waals surface area contributed by atoms with E-state index < -0.39 is 5.97 Å². The molecule has 0 unspecified atom stereocenters. The molecule has 0 heterocycles. The Labute approximate surface area is 119 Å². The largest absolute Gasteiger partial charge is 0.466 e. The number of Topliss-reactive ketones (excluding diaryl/α,β-unsaturated/α-hetero) is 1. The lowest BCUT2D eigenvalue weighted by Gasteiger charge is -2.08. The van der Waals surface area contributed by atoms with Crippen LogP contribution >= 0.6 is 15.9 Å². The molecule has 98 valence electrons. The van der Waals surface area contributed by atoms with Crippen LogP contribution in [-0.2, 0) is 9.53 Å². The molecule has 19 heavy (non-hydrogen) atoms. The van der Waals surface area contributed by atoms with Gasteiger partial charge >= 0.3 is 5.97 Å². The number of carbonyl (C=O) groups excluding carboxylic acids is 2. The third kappa shape index (κ3) is 3.01. The third-order valence-corrected chi connectivity index (χ3v) is 3.43. The number of hydrogen-bond acceptors (Lipinski definition) is 3. The summed E-state index contributed by atoms with van der Waals surface area (Å²) in [5.41, 5.74) is 0.533. The summed E-state index contributed by atoms with van der Waals surface area (Å²) in [7, 11) is 0. The summed E-state index contributed by atoms with van der Waals surface area (Å²) in [5, 5.41) is 1.81. The Bertz CT molecular complexity index is 634. The van der Waals surface area contributed by atoms with Crippen LogP contribution < -0.4 is 0 Å². The fourth-order valence-electron chi connectivity index (χ4n) is 1.96. The number of rotatable bonds is 4. The topological polar surface area (TPSA) is 43.4 Å². The third-order valence-electron chi connectivity index (χ3n) is 2.77. The first-order chi connectivity index (χ1) is 9.13. The van der Waals surface area contributed by atoms with Crippen molar-refractivity contribution in [2.75, 3.05) is 6.61 Å². The highest BCUT2D eigenvalue weighted by Gasteiger charge is 2.17. The average Bonchev–Trinajstić information content (AvgIpc) is 2.38. The van der Waals surface area contributed by atoms with Crippen LogP contribution in [0.5, 0.6) is 0 Å². The van der Waals surface area contributed by atoms with Crippen LogP contribution in [0.25, 0.3) is 10.8 Å². The van der Waals surface area contributed by atoms with Gasteiger partial charge in [-0.15, -0.1) is 0 Å². The number of ether oxygens (including phenoxy) is 1. The average molecular weight is 321 g/mol. The number of halogens is 1. The van der Waals surface area contributed by atoms with Crippen molar-refractivity contribution in [3.05, 3.63) is 46.4 Å². The normalized spacial score (nSPS) is 10.4. The lowest BCUT2D eigenvalue weighted by atomic mass is 10.00. The van der Waals surface area contributed by atoms with Gasteiger partial charge in [-0.25, -0.2) is 0 Å². The van der Waals surface area contributed by atoms with Crippen LogP contribution in [0, 0.1) is 0 Å². The minimum Gasteiger partial charge on any atom is -0.466 e. The summed E-state index contributed by atoms with van der Waals surface area (Å²) in [5.74, 6) is -0.727. The maximum atomic E-state index is 12.2. The van der Waals surface area contributed by atoms with E-state index in [1.54, 1.807) is 6.92 Å². The zero-order valence-corrected chi connectivity index (χ0v) is 12.1. The molecule has 4 heteroatoms. The van der Waals surface area contributed by atoms with Gasteiger partial charge in [0, 0.05) is 10.0 Å². The number of hydrogen-bond donors (Lipinski definition) is 0. The molecule has 0 aliphatic heterocycles. The van der Waals surface area contributed by atoms with E-state index in [2.05, 4.69) is 15.9 Å². The molecule has 0 aliphatic rings. The van der Waals surface area contributed by atoms with E-state index in [-0.39, 0.29) is 18.8 Å². The molecule has 2 aromatic carbocycles. The van der Waals surface area contributed by atoms with E-state index in [0.717, 1.165) is 10.8 Å². The van der Waals surface area contributed by atoms with Gasteiger partial charge in [0.25, 0.3) is 0 Å². The van der Waals surface area contributed by atoms with Crippen molar-refractivity contribution in [1.82, 2.24) is 0 Å². The van der Waals surface area contributed by atoms with E-state index in [1.165, 1.54) is 0 Å². The molecule has 2 aromatic rings. The first-order valence-electron chi connectivity index (χ1n) is 5.99. The lowest BCUT2D eigenvalue weighted by Crippen LogP contribution is -2.12. The van der Waals surface area contributed by atoms with Gasteiger partial charge in [0.1, 0.15) is 6.42 Å². The summed E-state index contributed by atoms with van der Waals surface area (Å²) >= 11 is 3.37. The minimum absolute atomic E-state index is 0.234. The molecule has 0 aliphatic carbocycles. The molecule has 0 atom stereocenters. The quantitative estimate of drug-likeness (QED) is 0.489. The predicted octanol–water partition coefficient (Wildman–Crippen LogP) is 3.74. The Morgan fingerprint density at radius 1 is 1.16 bits per heavy atom. The fraction of sp³-hybridized carbons (Fsp3) is 0.200. The van der Waals surface area contributed by atoms with E-state index in [4.69, 9.17) is 4.74 Å². The summed E-state index contributed by atoms with van der Waals surface area (Å²) in [4.78, 5) is 23.6. The fourth-order valence-corrected chi connectivity index (χ4v) is 2.53. The molecular formula is C15H13BrO3. The molecule has 0 spiro atoms. The number of fused-ring (bicyclic) bond motifs is 1. The smallest absolute Gasteiger partial charge is 0.313 e. The molecule has 0 bridgehead atoms. The van der Waals surface area contributed by atoms with Crippen molar-refractivity contribution in [2.24, 2.45) is 0 Å². The van der Waals surface area contributed by atoms with Gasteiger partial charge < -0.3 is 4.74 Å². The highest BCUT2D eigenvalue weighted by atomic mass is 79.9. The summed E-state index contributed by atoms with van der Waals surface area (Å²) in [6.45, 7) is 2.00. The van der Waals surface area contributed by atoms with Gasteiger partial charge in [0.15, 0.2) is 5.78 Å². The van der Waals surface area contributed by atoms with Crippen molar-refractivity contribution < 1.29 is 14.3 Å². The van der Waals surface area contributed by atoms with Crippen LogP contribution in [0.3, 0.4) is 0 Å². The molecule has 0 saturated carbocycles. The maximum absolute atomic E-state index is 12.2. The number of benzene rings is 2. The Balaban J connectivity index is 2.41. The molecular weight excluding hydrogens is 308 g/mol. The second-order valence-corrected chi connectivity index (χ2v) is 4.90. The van der Waals surface area contributed by atoms with E-state index in [0.29, 0.717) is 10.0 Å². The van der Waals surface area contributed by atoms with Crippen molar-refractivity contribution in [3.8, 4) is 0 Å². The van der Waals surface area contributed by atoms with Crippen LogP contribution in [0.2, 0.25) is 0 Å². The van der Waals surface area contributed by atoms with E-state index in [1.807, 2.05) is 36.4 Å². The van der Waals surface area contributed by atoms with Gasteiger partial charge in [0.05, 0.1) is 6.61 Å². The zero-order chi connectivity index (χ0) is 13.8. The highest BCUT2D eigenvalue weighted by Crippen LogP contribution is 2.27. The molecule has 2 rings (SSSR count). The van der Waals surface area contributed by atoms with E-state index >= 15 is 0 Å². The second kappa shape index (κ2) is 5.97. The van der Waals surface area contributed by atoms with Crippen molar-refractivity contribution in [3.63, 3.8) is 0 Å². The zero-order valence-electron chi connectivity index (χ0n) is 10.5. The molecule has 0 fully saturated rings. The molecule has 0 saturated heterocycles. The summed E-state index contributed by atoms with van der Waals surface area (Å²) in [6.07, 6.45) is -0.236. The Morgan fingerprint density at radius 2 is 1.89 bits per heavy atom. The highest BCUT2D eigenvalue weighted by molar-refractivity contribution is 9.10. The first-order valence-corrected chi connectivity index (χ1v) is 6.79. The number of ketones is 1. The van der Waals surface area contributed by atoms with Gasteiger partial charge in [-0.3, -0.25) is 9.59 Å². The second-order valence-electron chi connectivity index (χ2n) is 4.05. The molecule has 0 aromatic heterocycles. The van der Waals surface area contributed by atoms with Crippen LogP contribution in [0.15, 0.2) is 40.9 Å². The summed E-state index contributed by atoms with van der Waals surface area (Å²) < 4.78 is 5.51. The number of carbonyl (C=O) groups is 2. The van der Waals surface area contributed by atoms with Gasteiger partial charge in [-0.1, -0.05) is 46.3 Å². The monoisotopic (exact) mass is 320 g/mol. The molecule has 3 nitrogen and oxygen atoms in total. The SMILES string of the molecule is CCOC(=O)CC(=O)c1c(Br)ccc2ccccc12. The van der Waals surface area contributed by atoms with Crippen molar-refractivity contribution in [1.29, 1.82) is 0 Å². The maximum Gasteiger partial charge on any atom is 0.313 e. The summed E-state index contributed by atoms with van der Waals surface area (Å²) in [6, 6.07) is 11.3. The lowest BCUT2D eigenvalue weighted by molar-refractivity contribution is -0.141. The van der Waals surface area contributed by atoms with Gasteiger partial charge in [0.2, 0.25) is 0 Å². The van der Waals surface area contributed by atoms with Crippen LogP contribution in [0.1, 0.15) is 23.7 Å². The molecule has 0 radical (unpaired) electrons. The van der Waals surface area contributed by atoms with Crippen molar-refractivity contribution in [2.45, 2.75) is 13.3 Å². The minimum atomic E-state index is -0.493. The molecule has 0 N–H and O–H groups in total. The van der Waals surface area contributed by atoms with Gasteiger partial charge in [-0.05, 0) is 23.8 Å². The number of esters is 1. The first kappa shape index (κ1) is 13.7. The molecule has 0 amide bonds. The Morgan fingerprint density at radius 3 is 2.63 bits per heavy atom.